The maximum absolute atomic E-state index is 2.48. The summed E-state index contributed by atoms with van der Waals surface area (Å²) in [7, 11) is 0. The predicted octanol–water partition coefficient (Wildman–Crippen LogP) is 4.85. The number of rotatable bonds is 5. The number of benzene rings is 2. The third-order valence-electron chi connectivity index (χ3n) is 2.89. The second-order valence-electron chi connectivity index (χ2n) is 4.11. The molecule has 2 aromatic rings. The van der Waals surface area contributed by atoms with Crippen LogP contribution in [0.1, 0.15) is 23.5 Å². The summed E-state index contributed by atoms with van der Waals surface area (Å²) in [6.07, 6.45) is 3.44. The zero-order chi connectivity index (χ0) is 11.9. The molecule has 1 heteroatoms. The maximum Gasteiger partial charge on any atom is 0.129 e. The van der Waals surface area contributed by atoms with Gasteiger partial charge in [0.15, 0.2) is 0 Å². The van der Waals surface area contributed by atoms with Crippen molar-refractivity contribution in [2.45, 2.75) is 12.3 Å². The summed E-state index contributed by atoms with van der Waals surface area (Å²) in [6, 6.07) is 21.3. The number of halogens is 1. The molecule has 17 heavy (non-hydrogen) atoms. The van der Waals surface area contributed by atoms with Crippen LogP contribution in [0, 0.1) is 6.42 Å². The van der Waals surface area contributed by atoms with E-state index in [1.165, 1.54) is 11.1 Å². The highest BCUT2D eigenvalue weighted by atomic mass is 127. The molecular formula is C16H16I+. The molecule has 0 saturated carbocycles. The van der Waals surface area contributed by atoms with E-state index in [9.17, 15) is 0 Å². The first-order valence-corrected chi connectivity index (χ1v) is 7.42. The van der Waals surface area contributed by atoms with Crippen molar-refractivity contribution in [1.82, 2.24) is 0 Å². The van der Waals surface area contributed by atoms with Crippen LogP contribution in [0.3, 0.4) is 0 Å². The summed E-state index contributed by atoms with van der Waals surface area (Å²) < 4.78 is 1.16. The minimum atomic E-state index is 0.622. The van der Waals surface area contributed by atoms with Gasteiger partial charge in [0, 0.05) is 35.3 Å². The zero-order valence-electron chi connectivity index (χ0n) is 9.72. The second-order valence-corrected chi connectivity index (χ2v) is 4.99. The van der Waals surface area contributed by atoms with Crippen molar-refractivity contribution in [3.05, 3.63) is 78.2 Å². The topological polar surface area (TPSA) is 0 Å². The molecule has 0 radical (unpaired) electrons. The van der Waals surface area contributed by atoms with E-state index < -0.39 is 0 Å². The van der Waals surface area contributed by atoms with Crippen LogP contribution in [0.2, 0.25) is 0 Å². The van der Waals surface area contributed by atoms with Crippen LogP contribution < -0.4 is 0 Å². The molecule has 0 nitrogen and oxygen atoms in total. The van der Waals surface area contributed by atoms with Crippen molar-refractivity contribution in [2.75, 3.05) is 4.43 Å². The first-order chi connectivity index (χ1) is 8.40. The molecule has 0 aliphatic rings. The Morgan fingerprint density at radius 2 is 1.47 bits per heavy atom. The minimum absolute atomic E-state index is 0.622. The lowest BCUT2D eigenvalue weighted by Gasteiger charge is -2.11. The van der Waals surface area contributed by atoms with Crippen LogP contribution in [-0.2, 0) is 0 Å². The Morgan fingerprint density at radius 3 is 2.06 bits per heavy atom. The number of alkyl halides is 1. The molecule has 0 aliphatic heterocycles. The Bertz CT molecular complexity index is 422. The highest BCUT2D eigenvalue weighted by molar-refractivity contribution is 14.1. The molecule has 0 saturated heterocycles. The van der Waals surface area contributed by atoms with Gasteiger partial charge in [0.1, 0.15) is 5.56 Å². The van der Waals surface area contributed by atoms with E-state index >= 15 is 0 Å². The summed E-state index contributed by atoms with van der Waals surface area (Å²) in [5.74, 6) is 0.622. The van der Waals surface area contributed by atoms with E-state index in [0.717, 1.165) is 10.8 Å². The van der Waals surface area contributed by atoms with Gasteiger partial charge in [-0.1, -0.05) is 52.9 Å². The average molecular weight is 335 g/mol. The molecule has 0 N–H and O–H groups in total. The van der Waals surface area contributed by atoms with E-state index in [1.54, 1.807) is 0 Å². The molecular weight excluding hydrogens is 319 g/mol. The molecule has 0 amide bonds. The van der Waals surface area contributed by atoms with E-state index in [4.69, 9.17) is 0 Å². The van der Waals surface area contributed by atoms with Gasteiger partial charge in [-0.3, -0.25) is 0 Å². The first-order valence-electron chi connectivity index (χ1n) is 5.89. The van der Waals surface area contributed by atoms with Crippen LogP contribution in [0.4, 0.5) is 0 Å². The van der Waals surface area contributed by atoms with Gasteiger partial charge < -0.3 is 0 Å². The highest BCUT2D eigenvalue weighted by Gasteiger charge is 2.12. The second kappa shape index (κ2) is 6.70. The molecule has 0 bridgehead atoms. The van der Waals surface area contributed by atoms with Gasteiger partial charge in [0.2, 0.25) is 0 Å². The fourth-order valence-corrected chi connectivity index (χ4v) is 2.75. The summed E-state index contributed by atoms with van der Waals surface area (Å²) in [5, 5.41) is 0. The fourth-order valence-electron chi connectivity index (χ4n) is 1.88. The third-order valence-corrected chi connectivity index (χ3v) is 3.96. The molecule has 86 valence electrons. The van der Waals surface area contributed by atoms with Gasteiger partial charge in [-0.2, -0.15) is 0 Å². The zero-order valence-corrected chi connectivity index (χ0v) is 11.9. The van der Waals surface area contributed by atoms with E-state index in [1.807, 2.05) is 0 Å². The quantitative estimate of drug-likeness (QED) is 0.416. The molecule has 2 aromatic carbocycles. The van der Waals surface area contributed by atoms with Crippen LogP contribution in [0.5, 0.6) is 0 Å². The van der Waals surface area contributed by atoms with Crippen LogP contribution in [0.25, 0.3) is 0 Å². The maximum atomic E-state index is 2.48. The lowest BCUT2D eigenvalue weighted by atomic mass is 9.94. The Kier molecular flexibility index (Phi) is 4.92. The van der Waals surface area contributed by atoms with Crippen molar-refractivity contribution >= 4 is 22.6 Å². The van der Waals surface area contributed by atoms with Gasteiger partial charge in [-0.15, -0.1) is 0 Å². The molecule has 0 fully saturated rings. The molecule has 2 rings (SSSR count). The fraction of sp³-hybridized carbons (Fsp3) is 0.188. The third kappa shape index (κ3) is 3.77. The van der Waals surface area contributed by atoms with Crippen LogP contribution >= 0.6 is 22.6 Å². The number of hydrogen-bond donors (Lipinski definition) is 0. The van der Waals surface area contributed by atoms with Gasteiger partial charge in [-0.05, 0) is 23.8 Å². The van der Waals surface area contributed by atoms with E-state index in [0.29, 0.717) is 5.92 Å². The number of hydrogen-bond acceptors (Lipinski definition) is 0. The van der Waals surface area contributed by atoms with Crippen molar-refractivity contribution in [3.8, 4) is 0 Å². The van der Waals surface area contributed by atoms with Gasteiger partial charge in [0.25, 0.3) is 0 Å². The lowest BCUT2D eigenvalue weighted by molar-refractivity contribution is 0.776. The summed E-state index contributed by atoms with van der Waals surface area (Å²) in [5.41, 5.74) is 2.76. The van der Waals surface area contributed by atoms with Gasteiger partial charge in [-0.25, -0.2) is 0 Å². The summed E-state index contributed by atoms with van der Waals surface area (Å²) in [6.45, 7) is 0. The van der Waals surface area contributed by atoms with E-state index in [-0.39, 0.29) is 0 Å². The average Bonchev–Trinajstić information content (AvgIpc) is 2.42. The predicted molar refractivity (Wildman–Crippen MR) is 82.5 cm³/mol. The molecule has 1 atom stereocenters. The standard InChI is InChI=1S/C16H16I/c17-13-16(15-9-5-2-6-10-15)12-11-14-7-3-1-4-8-14/h1-11,16H,12-13H2/q+1. The Hall–Kier alpha value is -0.960. The lowest BCUT2D eigenvalue weighted by Crippen LogP contribution is -2.00. The highest BCUT2D eigenvalue weighted by Crippen LogP contribution is 2.24. The van der Waals surface area contributed by atoms with Crippen molar-refractivity contribution < 1.29 is 0 Å². The van der Waals surface area contributed by atoms with Crippen LogP contribution in [-0.4, -0.2) is 4.43 Å². The monoisotopic (exact) mass is 335 g/mol. The smallest absolute Gasteiger partial charge is 0.0857 e. The minimum Gasteiger partial charge on any atom is -0.0857 e. The summed E-state index contributed by atoms with van der Waals surface area (Å²) in [4.78, 5) is 0. The summed E-state index contributed by atoms with van der Waals surface area (Å²) >= 11 is 2.48. The molecule has 0 aromatic heterocycles. The van der Waals surface area contributed by atoms with Crippen molar-refractivity contribution in [2.24, 2.45) is 0 Å². The van der Waals surface area contributed by atoms with Gasteiger partial charge in [0.05, 0.1) is 0 Å². The Morgan fingerprint density at radius 1 is 0.882 bits per heavy atom. The van der Waals surface area contributed by atoms with Crippen molar-refractivity contribution in [1.29, 1.82) is 0 Å². The molecule has 0 heterocycles. The SMILES string of the molecule is ICC(C[CH+]c1ccccc1)c1ccccc1. The normalized spacial score (nSPS) is 12.1. The van der Waals surface area contributed by atoms with Gasteiger partial charge >= 0.3 is 0 Å². The molecule has 1 unspecified atom stereocenters. The molecule has 0 spiro atoms. The molecule has 0 aliphatic carbocycles. The van der Waals surface area contributed by atoms with Crippen molar-refractivity contribution in [3.63, 3.8) is 0 Å². The van der Waals surface area contributed by atoms with Crippen LogP contribution in [0.15, 0.2) is 60.7 Å². The Balaban J connectivity index is 1.97. The van der Waals surface area contributed by atoms with E-state index in [2.05, 4.69) is 89.7 Å². The Labute approximate surface area is 117 Å². The largest absolute Gasteiger partial charge is 0.129 e. The first kappa shape index (κ1) is 12.5.